The first-order valence-corrected chi connectivity index (χ1v) is 12.1. The second-order valence-electron chi connectivity index (χ2n) is 9.40. The number of aromatic nitrogens is 2. The molecule has 5 rings (SSSR count). The molecular weight excluding hydrogens is 426 g/mol. The van der Waals surface area contributed by atoms with Gasteiger partial charge in [-0.25, -0.2) is 4.98 Å². The van der Waals surface area contributed by atoms with Gasteiger partial charge < -0.3 is 15.2 Å². The monoisotopic (exact) mass is 457 g/mol. The summed E-state index contributed by atoms with van der Waals surface area (Å²) in [7, 11) is 2.05. The number of imidazole rings is 1. The van der Waals surface area contributed by atoms with Gasteiger partial charge in [-0.1, -0.05) is 12.1 Å². The third-order valence-electron chi connectivity index (χ3n) is 7.14. The Hall–Kier alpha value is -3.44. The van der Waals surface area contributed by atoms with E-state index in [1.165, 1.54) is 11.1 Å². The minimum Gasteiger partial charge on any atom is -0.349 e. The average Bonchev–Trinajstić information content (AvgIpc) is 3.63. The molecule has 2 aliphatic heterocycles. The lowest BCUT2D eigenvalue weighted by atomic mass is 9.87. The zero-order chi connectivity index (χ0) is 23.5. The van der Waals surface area contributed by atoms with Gasteiger partial charge in [0, 0.05) is 30.7 Å². The van der Waals surface area contributed by atoms with E-state index in [-0.39, 0.29) is 11.7 Å². The van der Waals surface area contributed by atoms with Crippen molar-refractivity contribution in [1.82, 2.24) is 19.8 Å². The summed E-state index contributed by atoms with van der Waals surface area (Å²) in [5.41, 5.74) is 4.59. The van der Waals surface area contributed by atoms with Crippen LogP contribution in [0.4, 0.5) is 5.69 Å². The Balaban J connectivity index is 1.29. The molecule has 1 aromatic carbocycles. The Morgan fingerprint density at radius 1 is 1.32 bits per heavy atom. The van der Waals surface area contributed by atoms with E-state index in [0.29, 0.717) is 12.5 Å². The Bertz CT molecular complexity index is 1160. The SMILES string of the molecule is Cn1ccnc1CN1CCC(c2ccc(NC(=O)C3=NCC(C#N)N3)c(C3=CCCC3)c2)CC1. The number of benzene rings is 1. The van der Waals surface area contributed by atoms with Crippen molar-refractivity contribution in [3.05, 3.63) is 53.6 Å². The maximum atomic E-state index is 12.8. The van der Waals surface area contributed by atoms with E-state index in [4.69, 9.17) is 5.26 Å². The van der Waals surface area contributed by atoms with Gasteiger partial charge in [0.15, 0.2) is 5.84 Å². The lowest BCUT2D eigenvalue weighted by Crippen LogP contribution is -2.37. The maximum Gasteiger partial charge on any atom is 0.290 e. The lowest BCUT2D eigenvalue weighted by molar-refractivity contribution is -0.110. The Morgan fingerprint density at radius 3 is 2.85 bits per heavy atom. The largest absolute Gasteiger partial charge is 0.349 e. The predicted molar refractivity (Wildman–Crippen MR) is 132 cm³/mol. The molecule has 176 valence electrons. The van der Waals surface area contributed by atoms with Crippen molar-refractivity contribution in [2.45, 2.75) is 50.6 Å². The van der Waals surface area contributed by atoms with Crippen LogP contribution in [0.25, 0.3) is 5.57 Å². The topological polar surface area (TPSA) is 98.3 Å². The van der Waals surface area contributed by atoms with Crippen LogP contribution < -0.4 is 10.6 Å². The van der Waals surface area contributed by atoms with E-state index in [9.17, 15) is 4.79 Å². The molecule has 1 unspecified atom stereocenters. The fraction of sp³-hybridized carbons (Fsp3) is 0.462. The number of nitriles is 1. The second-order valence-corrected chi connectivity index (χ2v) is 9.40. The van der Waals surface area contributed by atoms with Crippen LogP contribution in [0.15, 0.2) is 41.7 Å². The number of hydrogen-bond acceptors (Lipinski definition) is 6. The third kappa shape index (κ3) is 4.75. The molecule has 1 atom stereocenters. The first-order chi connectivity index (χ1) is 16.6. The summed E-state index contributed by atoms with van der Waals surface area (Å²) in [6.45, 7) is 3.32. The maximum absolute atomic E-state index is 12.8. The van der Waals surface area contributed by atoms with Gasteiger partial charge >= 0.3 is 0 Å². The summed E-state index contributed by atoms with van der Waals surface area (Å²) >= 11 is 0. The predicted octanol–water partition coefficient (Wildman–Crippen LogP) is 3.20. The van der Waals surface area contributed by atoms with Crippen molar-refractivity contribution >= 4 is 23.0 Å². The molecule has 2 aromatic rings. The number of hydrogen-bond donors (Lipinski definition) is 2. The van der Waals surface area contributed by atoms with Crippen molar-refractivity contribution in [3.8, 4) is 6.07 Å². The van der Waals surface area contributed by atoms with Gasteiger partial charge in [0.2, 0.25) is 0 Å². The molecule has 8 heteroatoms. The highest BCUT2D eigenvalue weighted by Crippen LogP contribution is 2.37. The molecule has 2 N–H and O–H groups in total. The smallest absolute Gasteiger partial charge is 0.290 e. The van der Waals surface area contributed by atoms with Crippen LogP contribution in [0, 0.1) is 11.3 Å². The first kappa shape index (κ1) is 22.4. The fourth-order valence-corrected chi connectivity index (χ4v) is 5.11. The number of carbonyl (C=O) groups excluding carboxylic acids is 1. The molecule has 1 aliphatic carbocycles. The van der Waals surface area contributed by atoms with Crippen LogP contribution in [0.3, 0.4) is 0 Å². The molecule has 3 heterocycles. The number of nitrogens with zero attached hydrogens (tertiary/aromatic N) is 5. The van der Waals surface area contributed by atoms with Gasteiger partial charge in [0.1, 0.15) is 11.9 Å². The molecular formula is C26H31N7O. The highest BCUT2D eigenvalue weighted by atomic mass is 16.2. The van der Waals surface area contributed by atoms with E-state index in [2.05, 4.69) is 54.4 Å². The van der Waals surface area contributed by atoms with Crippen molar-refractivity contribution in [3.63, 3.8) is 0 Å². The number of amides is 1. The van der Waals surface area contributed by atoms with Gasteiger partial charge in [-0.3, -0.25) is 14.7 Å². The van der Waals surface area contributed by atoms with Crippen LogP contribution in [0.5, 0.6) is 0 Å². The zero-order valence-corrected chi connectivity index (χ0v) is 19.6. The minimum atomic E-state index is -0.427. The highest BCUT2D eigenvalue weighted by Gasteiger charge is 2.25. The number of piperidine rings is 1. The molecule has 3 aliphatic rings. The number of aliphatic imine (C=N–C) groups is 1. The van der Waals surface area contributed by atoms with Crippen molar-refractivity contribution < 1.29 is 4.79 Å². The number of anilines is 1. The van der Waals surface area contributed by atoms with Crippen LogP contribution in [0.2, 0.25) is 0 Å². The van der Waals surface area contributed by atoms with Crippen LogP contribution in [0.1, 0.15) is 55.0 Å². The molecule has 0 radical (unpaired) electrons. The minimum absolute atomic E-state index is 0.238. The number of aryl methyl sites for hydroxylation is 1. The molecule has 1 aromatic heterocycles. The quantitative estimate of drug-likeness (QED) is 0.694. The summed E-state index contributed by atoms with van der Waals surface area (Å²) in [5, 5.41) is 15.0. The number of likely N-dealkylation sites (tertiary alicyclic amines) is 1. The lowest BCUT2D eigenvalue weighted by Gasteiger charge is -2.32. The Labute approximate surface area is 200 Å². The van der Waals surface area contributed by atoms with Crippen LogP contribution in [-0.4, -0.2) is 51.9 Å². The van der Waals surface area contributed by atoms with Gasteiger partial charge in [-0.05, 0) is 74.4 Å². The van der Waals surface area contributed by atoms with E-state index < -0.39 is 6.04 Å². The van der Waals surface area contributed by atoms with E-state index in [1.54, 1.807) is 0 Å². The Morgan fingerprint density at radius 2 is 2.18 bits per heavy atom. The van der Waals surface area contributed by atoms with Gasteiger partial charge in [0.05, 0.1) is 19.2 Å². The van der Waals surface area contributed by atoms with E-state index >= 15 is 0 Å². The number of rotatable bonds is 6. The molecule has 0 bridgehead atoms. The van der Waals surface area contributed by atoms with Gasteiger partial charge in [0.25, 0.3) is 5.91 Å². The molecule has 0 spiro atoms. The molecule has 1 amide bonds. The second kappa shape index (κ2) is 9.82. The summed E-state index contributed by atoms with van der Waals surface area (Å²) in [5.74, 6) is 1.58. The molecule has 34 heavy (non-hydrogen) atoms. The van der Waals surface area contributed by atoms with Crippen molar-refractivity contribution in [2.24, 2.45) is 12.0 Å². The summed E-state index contributed by atoms with van der Waals surface area (Å²) in [6, 6.07) is 8.17. The third-order valence-corrected chi connectivity index (χ3v) is 7.14. The van der Waals surface area contributed by atoms with Gasteiger partial charge in [-0.15, -0.1) is 0 Å². The fourth-order valence-electron chi connectivity index (χ4n) is 5.11. The number of nitrogens with one attached hydrogen (secondary N) is 2. The number of allylic oxidation sites excluding steroid dienone is 2. The van der Waals surface area contributed by atoms with E-state index in [0.717, 1.165) is 68.8 Å². The van der Waals surface area contributed by atoms with E-state index in [1.807, 2.05) is 25.5 Å². The summed E-state index contributed by atoms with van der Waals surface area (Å²) in [4.78, 5) is 23.9. The molecule has 1 fully saturated rings. The average molecular weight is 458 g/mol. The van der Waals surface area contributed by atoms with Crippen molar-refractivity contribution in [2.75, 3.05) is 25.0 Å². The summed E-state index contributed by atoms with van der Waals surface area (Å²) in [6.07, 6.45) is 11.6. The molecule has 1 saturated heterocycles. The zero-order valence-electron chi connectivity index (χ0n) is 19.6. The number of carbonyl (C=O) groups is 1. The normalized spacial score (nSPS) is 21.0. The number of amidine groups is 1. The summed E-state index contributed by atoms with van der Waals surface area (Å²) < 4.78 is 2.09. The Kier molecular flexibility index (Phi) is 6.45. The highest BCUT2D eigenvalue weighted by molar-refractivity contribution is 6.42. The molecule has 8 nitrogen and oxygen atoms in total. The van der Waals surface area contributed by atoms with Crippen LogP contribution in [-0.2, 0) is 18.4 Å². The van der Waals surface area contributed by atoms with Gasteiger partial charge in [-0.2, -0.15) is 5.26 Å². The van der Waals surface area contributed by atoms with Crippen molar-refractivity contribution in [1.29, 1.82) is 5.26 Å². The first-order valence-electron chi connectivity index (χ1n) is 12.1. The molecule has 0 saturated carbocycles. The standard InChI is InChI=1S/C26H31N7O/c1-32-13-10-28-24(32)17-33-11-8-18(9-12-33)20-6-7-23(22(14-20)19-4-2-3-5-19)31-26(34)25-29-16-21(15-27)30-25/h4,6-7,10,13-14,18,21H,2-3,5,8-9,11-12,16-17H2,1H3,(H,29,30)(H,31,34). The van der Waals surface area contributed by atoms with Crippen LogP contribution >= 0.6 is 0 Å².